The second-order valence-electron chi connectivity index (χ2n) is 10.0. The summed E-state index contributed by atoms with van der Waals surface area (Å²) in [4.78, 5) is 2.28. The molecule has 4 nitrogen and oxygen atoms in total. The van der Waals surface area contributed by atoms with Gasteiger partial charge in [0.1, 0.15) is 17.6 Å². The normalized spacial score (nSPS) is 18.2. The zero-order valence-corrected chi connectivity index (χ0v) is 21.0. The fourth-order valence-corrected chi connectivity index (χ4v) is 5.58. The molecule has 5 heteroatoms. The number of phenols is 1. The number of likely N-dealkylation sites (tertiary alicyclic amines) is 1. The maximum Gasteiger partial charge on any atom is 0.123 e. The Labute approximate surface area is 213 Å². The van der Waals surface area contributed by atoms with Crippen molar-refractivity contribution in [1.82, 2.24) is 4.90 Å². The second kappa shape index (κ2) is 10.8. The quantitative estimate of drug-likeness (QED) is 0.380. The molecule has 0 radical (unpaired) electrons. The lowest BCUT2D eigenvalue weighted by Crippen LogP contribution is -2.26. The third-order valence-corrected chi connectivity index (χ3v) is 7.33. The van der Waals surface area contributed by atoms with Gasteiger partial charge in [-0.15, -0.1) is 0 Å². The van der Waals surface area contributed by atoms with Gasteiger partial charge in [0, 0.05) is 30.9 Å². The molecule has 2 aliphatic rings. The first kappa shape index (κ1) is 24.4. The molecule has 1 unspecified atom stereocenters. The van der Waals surface area contributed by atoms with Crippen molar-refractivity contribution in [2.45, 2.75) is 45.1 Å². The van der Waals surface area contributed by atoms with E-state index in [0.717, 1.165) is 84.6 Å². The number of rotatable bonds is 7. The molecule has 3 aromatic carbocycles. The Morgan fingerprint density at radius 1 is 1.03 bits per heavy atom. The summed E-state index contributed by atoms with van der Waals surface area (Å²) in [5.41, 5.74) is 14.7. The molecular formula is C31H35FN2O2. The van der Waals surface area contributed by atoms with Crippen LogP contribution in [-0.4, -0.2) is 42.4 Å². The van der Waals surface area contributed by atoms with Crippen molar-refractivity contribution in [3.63, 3.8) is 0 Å². The van der Waals surface area contributed by atoms with Crippen molar-refractivity contribution in [3.8, 4) is 11.5 Å². The van der Waals surface area contributed by atoms with Gasteiger partial charge in [-0.25, -0.2) is 0 Å². The maximum atomic E-state index is 12.5. The molecule has 1 aliphatic heterocycles. The Morgan fingerprint density at radius 3 is 2.61 bits per heavy atom. The first-order valence-corrected chi connectivity index (χ1v) is 13.0. The van der Waals surface area contributed by atoms with Crippen LogP contribution in [0.15, 0.2) is 60.7 Å². The van der Waals surface area contributed by atoms with Crippen molar-refractivity contribution in [2.24, 2.45) is 0 Å². The number of nitrogens with zero attached hydrogens (tertiary/aromatic N) is 1. The van der Waals surface area contributed by atoms with E-state index in [1.807, 2.05) is 37.3 Å². The number of aromatic hydroxyl groups is 1. The lowest BCUT2D eigenvalue weighted by Gasteiger charge is -2.19. The van der Waals surface area contributed by atoms with Gasteiger partial charge in [-0.3, -0.25) is 9.29 Å². The smallest absolute Gasteiger partial charge is 0.123 e. The Hall–Kier alpha value is -3.31. The van der Waals surface area contributed by atoms with Gasteiger partial charge >= 0.3 is 0 Å². The van der Waals surface area contributed by atoms with E-state index in [-0.39, 0.29) is 12.8 Å². The number of hydrogen-bond donors (Lipinski definition) is 2. The summed E-state index contributed by atoms with van der Waals surface area (Å²) in [6.45, 7) is 4.32. The summed E-state index contributed by atoms with van der Waals surface area (Å²) < 4.78 is 18.8. The number of halogens is 1. The lowest BCUT2D eigenvalue weighted by atomic mass is 9.87. The number of fused-ring (bicyclic) bond motifs is 1. The summed E-state index contributed by atoms with van der Waals surface area (Å²) in [5.74, 6) is 1.17. The molecule has 0 saturated carbocycles. The van der Waals surface area contributed by atoms with Gasteiger partial charge in [-0.2, -0.15) is 0 Å². The number of allylic oxidation sites excluding steroid dienone is 1. The van der Waals surface area contributed by atoms with Gasteiger partial charge in [0.2, 0.25) is 0 Å². The highest BCUT2D eigenvalue weighted by Gasteiger charge is 2.25. The molecule has 0 bridgehead atoms. The summed E-state index contributed by atoms with van der Waals surface area (Å²) in [6.07, 6.45) is 4.49. The second-order valence-corrected chi connectivity index (χ2v) is 10.0. The van der Waals surface area contributed by atoms with E-state index in [1.165, 1.54) is 11.1 Å². The molecule has 1 aliphatic carbocycles. The first-order valence-electron chi connectivity index (χ1n) is 13.0. The summed E-state index contributed by atoms with van der Waals surface area (Å²) in [5, 5.41) is 10.9. The monoisotopic (exact) mass is 486 g/mol. The van der Waals surface area contributed by atoms with Gasteiger partial charge < -0.3 is 15.6 Å². The molecule has 5 rings (SSSR count). The summed E-state index contributed by atoms with van der Waals surface area (Å²) in [6, 6.07) is 20.4. The van der Waals surface area contributed by atoms with Gasteiger partial charge in [-0.05, 0) is 103 Å². The first-order chi connectivity index (χ1) is 17.5. The van der Waals surface area contributed by atoms with E-state index in [2.05, 4.69) is 35.2 Å². The number of anilines is 1. The number of nitrogens with two attached hydrogens (primary N) is 1. The Kier molecular flexibility index (Phi) is 7.28. The van der Waals surface area contributed by atoms with Gasteiger partial charge in [0.05, 0.1) is 6.67 Å². The molecule has 3 N–H and O–H groups in total. The highest BCUT2D eigenvalue weighted by Crippen LogP contribution is 2.43. The fraction of sp³-hybridized carbons (Fsp3) is 0.355. The molecule has 1 atom stereocenters. The molecule has 1 fully saturated rings. The number of aryl methyl sites for hydroxylation is 2. The van der Waals surface area contributed by atoms with E-state index in [9.17, 15) is 9.50 Å². The van der Waals surface area contributed by atoms with E-state index >= 15 is 0 Å². The Balaban J connectivity index is 1.49. The Bertz CT molecular complexity index is 1250. The van der Waals surface area contributed by atoms with E-state index in [1.54, 1.807) is 0 Å². The minimum absolute atomic E-state index is 0.135. The van der Waals surface area contributed by atoms with Crippen molar-refractivity contribution in [1.29, 1.82) is 0 Å². The van der Waals surface area contributed by atoms with Crippen molar-refractivity contribution in [2.75, 3.05) is 32.0 Å². The van der Waals surface area contributed by atoms with Crippen LogP contribution in [0.5, 0.6) is 11.5 Å². The van der Waals surface area contributed by atoms with Crippen LogP contribution >= 0.6 is 0 Å². The highest BCUT2D eigenvalue weighted by molar-refractivity contribution is 6.01. The predicted molar refractivity (Wildman–Crippen MR) is 145 cm³/mol. The molecule has 3 aromatic rings. The molecular weight excluding hydrogens is 451 g/mol. The molecule has 36 heavy (non-hydrogen) atoms. The summed E-state index contributed by atoms with van der Waals surface area (Å²) >= 11 is 0. The number of hydrogen-bond acceptors (Lipinski definition) is 4. The third kappa shape index (κ3) is 5.26. The van der Waals surface area contributed by atoms with Crippen LogP contribution < -0.4 is 10.5 Å². The SMILES string of the molecule is Cc1ccc(C2=C(c3ccc(OC4CCN(CCCF)C4)cc3)c3ccc(N)cc3CCC2)c(O)c1. The topological polar surface area (TPSA) is 58.7 Å². The van der Waals surface area contributed by atoms with Gasteiger partial charge in [-0.1, -0.05) is 30.3 Å². The number of alkyl halides is 1. The van der Waals surface area contributed by atoms with Crippen LogP contribution in [0.3, 0.4) is 0 Å². The van der Waals surface area contributed by atoms with E-state index in [0.29, 0.717) is 12.2 Å². The minimum atomic E-state index is -0.266. The van der Waals surface area contributed by atoms with E-state index < -0.39 is 0 Å². The minimum Gasteiger partial charge on any atom is -0.507 e. The zero-order chi connectivity index (χ0) is 25.1. The maximum absolute atomic E-state index is 12.5. The average Bonchev–Trinajstić information content (AvgIpc) is 3.22. The van der Waals surface area contributed by atoms with Crippen LogP contribution in [0.2, 0.25) is 0 Å². The lowest BCUT2D eigenvalue weighted by molar-refractivity contribution is 0.198. The van der Waals surface area contributed by atoms with Crippen molar-refractivity contribution >= 4 is 16.8 Å². The molecule has 1 heterocycles. The summed E-state index contributed by atoms with van der Waals surface area (Å²) in [7, 11) is 0. The largest absolute Gasteiger partial charge is 0.507 e. The van der Waals surface area contributed by atoms with Crippen molar-refractivity contribution in [3.05, 3.63) is 88.5 Å². The van der Waals surface area contributed by atoms with Gasteiger partial charge in [0.15, 0.2) is 0 Å². The number of ether oxygens (including phenoxy) is 1. The van der Waals surface area contributed by atoms with Crippen molar-refractivity contribution < 1.29 is 14.2 Å². The number of phenolic OH excluding ortho intramolecular Hbond substituents is 1. The molecule has 0 aromatic heterocycles. The Morgan fingerprint density at radius 2 is 1.83 bits per heavy atom. The molecule has 188 valence electrons. The van der Waals surface area contributed by atoms with Crippen LogP contribution in [0, 0.1) is 6.92 Å². The van der Waals surface area contributed by atoms with Crippen LogP contribution in [0.1, 0.15) is 53.5 Å². The highest BCUT2D eigenvalue weighted by atomic mass is 19.1. The van der Waals surface area contributed by atoms with Crippen LogP contribution in [-0.2, 0) is 6.42 Å². The predicted octanol–water partition coefficient (Wildman–Crippen LogP) is 6.39. The van der Waals surface area contributed by atoms with Gasteiger partial charge in [0.25, 0.3) is 0 Å². The number of nitrogen functional groups attached to an aromatic ring is 1. The van der Waals surface area contributed by atoms with E-state index in [4.69, 9.17) is 10.5 Å². The molecule has 0 amide bonds. The molecule has 1 saturated heterocycles. The van der Waals surface area contributed by atoms with Crippen LogP contribution in [0.25, 0.3) is 11.1 Å². The fourth-order valence-electron chi connectivity index (χ4n) is 5.58. The average molecular weight is 487 g/mol. The zero-order valence-electron chi connectivity index (χ0n) is 21.0. The number of benzene rings is 3. The molecule has 0 spiro atoms. The van der Waals surface area contributed by atoms with Crippen LogP contribution in [0.4, 0.5) is 10.1 Å². The standard InChI is InChI=1S/C31H35FN2O2/c1-21-6-12-28(30(35)18-21)29-5-2-4-23-19-24(33)9-13-27(23)31(29)22-7-10-25(11-8-22)36-26-14-17-34(20-26)16-3-15-32/h6-13,18-19,26,35H,2-5,14-17,20,33H2,1H3. The third-order valence-electron chi connectivity index (χ3n) is 7.33.